The van der Waals surface area contributed by atoms with E-state index in [9.17, 15) is 13.6 Å². The molecule has 1 aromatic carbocycles. The largest absolute Gasteiger partial charge is 0.435 e. The highest BCUT2D eigenvalue weighted by Crippen LogP contribution is 2.26. The number of halogens is 2. The van der Waals surface area contributed by atoms with Crippen molar-refractivity contribution in [1.82, 2.24) is 14.9 Å². The van der Waals surface area contributed by atoms with Crippen LogP contribution in [0.4, 0.5) is 8.78 Å². The van der Waals surface area contributed by atoms with Crippen molar-refractivity contribution in [3.05, 3.63) is 53.6 Å². The van der Waals surface area contributed by atoms with Gasteiger partial charge >= 0.3 is 6.61 Å². The molecule has 1 amide bonds. The number of carbonyl (C=O) groups is 1. The van der Waals surface area contributed by atoms with Crippen LogP contribution in [-0.2, 0) is 4.74 Å². The fourth-order valence-corrected chi connectivity index (χ4v) is 2.59. The molecule has 25 heavy (non-hydrogen) atoms. The number of carbonyl (C=O) groups excluding carboxylic acids is 1. The Morgan fingerprint density at radius 2 is 2.20 bits per heavy atom. The Morgan fingerprint density at radius 1 is 1.36 bits per heavy atom. The zero-order chi connectivity index (χ0) is 17.8. The Balaban J connectivity index is 1.72. The van der Waals surface area contributed by atoms with E-state index in [4.69, 9.17) is 4.74 Å². The minimum absolute atomic E-state index is 0.0592. The number of aryl methyl sites for hydroxylation is 1. The Morgan fingerprint density at radius 3 is 2.92 bits per heavy atom. The molecule has 132 valence electrons. The highest BCUT2D eigenvalue weighted by Gasteiger charge is 2.27. The molecule has 0 saturated carbocycles. The van der Waals surface area contributed by atoms with Crippen LogP contribution in [0.2, 0.25) is 0 Å². The summed E-state index contributed by atoms with van der Waals surface area (Å²) in [6.07, 6.45) is 2.56. The van der Waals surface area contributed by atoms with E-state index in [-0.39, 0.29) is 17.4 Å². The molecule has 0 unspecified atom stereocenters. The molecule has 1 aromatic heterocycles. The van der Waals surface area contributed by atoms with Crippen LogP contribution >= 0.6 is 0 Å². The normalized spacial score (nSPS) is 17.6. The first-order chi connectivity index (χ1) is 12.0. The van der Waals surface area contributed by atoms with Crippen molar-refractivity contribution in [2.45, 2.75) is 19.6 Å². The molecule has 2 heterocycles. The zero-order valence-electron chi connectivity index (χ0n) is 13.6. The van der Waals surface area contributed by atoms with Gasteiger partial charge < -0.3 is 14.4 Å². The quantitative estimate of drug-likeness (QED) is 0.849. The number of hydrogen-bond donors (Lipinski definition) is 0. The molecule has 1 aliphatic rings. The molecule has 1 aliphatic heterocycles. The van der Waals surface area contributed by atoms with Crippen molar-refractivity contribution in [3.8, 4) is 5.75 Å². The Bertz CT molecular complexity index is 740. The summed E-state index contributed by atoms with van der Waals surface area (Å²) in [7, 11) is 0. The second-order valence-corrected chi connectivity index (χ2v) is 5.60. The second-order valence-electron chi connectivity index (χ2n) is 5.60. The third-order valence-corrected chi connectivity index (χ3v) is 3.81. The van der Waals surface area contributed by atoms with Gasteiger partial charge in [0, 0.05) is 12.7 Å². The summed E-state index contributed by atoms with van der Waals surface area (Å²) in [5.74, 6) is -0.176. The number of rotatable bonds is 4. The van der Waals surface area contributed by atoms with Crippen molar-refractivity contribution in [3.63, 3.8) is 0 Å². The summed E-state index contributed by atoms with van der Waals surface area (Å²) >= 11 is 0. The molecule has 1 atom stereocenters. The predicted molar refractivity (Wildman–Crippen MR) is 84.4 cm³/mol. The van der Waals surface area contributed by atoms with Gasteiger partial charge in [-0.25, -0.2) is 4.98 Å². The first-order valence-corrected chi connectivity index (χ1v) is 7.77. The number of benzene rings is 1. The monoisotopic (exact) mass is 349 g/mol. The number of aromatic nitrogens is 2. The van der Waals surface area contributed by atoms with E-state index >= 15 is 0 Å². The molecule has 6 nitrogen and oxygen atoms in total. The predicted octanol–water partition coefficient (Wildman–Crippen LogP) is 2.60. The average molecular weight is 349 g/mol. The fraction of sp³-hybridized carbons (Fsp3) is 0.353. The highest BCUT2D eigenvalue weighted by molar-refractivity contribution is 5.92. The maximum Gasteiger partial charge on any atom is 0.387 e. The summed E-state index contributed by atoms with van der Waals surface area (Å²) in [6, 6.07) is 6.31. The van der Waals surface area contributed by atoms with Crippen LogP contribution < -0.4 is 4.74 Å². The number of nitrogens with zero attached hydrogens (tertiary/aromatic N) is 3. The van der Waals surface area contributed by atoms with Crippen molar-refractivity contribution in [2.75, 3.05) is 19.7 Å². The van der Waals surface area contributed by atoms with Crippen LogP contribution in [0.3, 0.4) is 0 Å². The molecule has 0 spiro atoms. The van der Waals surface area contributed by atoms with Gasteiger partial charge in [-0.15, -0.1) is 0 Å². The minimum Gasteiger partial charge on any atom is -0.435 e. The molecule has 0 bridgehead atoms. The lowest BCUT2D eigenvalue weighted by molar-refractivity contribution is -0.0504. The van der Waals surface area contributed by atoms with Gasteiger partial charge in [-0.1, -0.05) is 12.1 Å². The number of alkyl halides is 2. The summed E-state index contributed by atoms with van der Waals surface area (Å²) < 4.78 is 34.8. The second kappa shape index (κ2) is 7.52. The van der Waals surface area contributed by atoms with Gasteiger partial charge in [0.2, 0.25) is 0 Å². The molecule has 8 heteroatoms. The van der Waals surface area contributed by atoms with Crippen molar-refractivity contribution in [2.24, 2.45) is 0 Å². The lowest BCUT2D eigenvalue weighted by atomic mass is 10.1. The van der Waals surface area contributed by atoms with E-state index in [0.717, 1.165) is 5.69 Å². The van der Waals surface area contributed by atoms with Crippen LogP contribution in [0.15, 0.2) is 36.7 Å². The smallest absolute Gasteiger partial charge is 0.387 e. The third-order valence-electron chi connectivity index (χ3n) is 3.81. The summed E-state index contributed by atoms with van der Waals surface area (Å²) in [6.45, 7) is -0.0264. The van der Waals surface area contributed by atoms with E-state index in [1.165, 1.54) is 24.5 Å². The van der Waals surface area contributed by atoms with Gasteiger partial charge in [-0.3, -0.25) is 9.78 Å². The lowest BCUT2D eigenvalue weighted by Gasteiger charge is -2.33. The average Bonchev–Trinajstić information content (AvgIpc) is 2.61. The van der Waals surface area contributed by atoms with Crippen LogP contribution in [0, 0.1) is 6.92 Å². The molecule has 1 fully saturated rings. The standard InChI is InChI=1S/C17H17F2N3O3/c1-11-8-21-14(9-20-11)16(23)22-5-6-24-15(10-22)12-3-2-4-13(7-12)25-17(18)19/h2-4,7-9,15,17H,5-6,10H2,1H3/t15-/m0/s1. The number of ether oxygens (including phenoxy) is 2. The van der Waals surface area contributed by atoms with Gasteiger partial charge in [-0.05, 0) is 24.6 Å². The minimum atomic E-state index is -2.89. The van der Waals surface area contributed by atoms with E-state index < -0.39 is 12.7 Å². The number of morpholine rings is 1. The molecule has 3 rings (SSSR count). The zero-order valence-corrected chi connectivity index (χ0v) is 13.6. The topological polar surface area (TPSA) is 64.6 Å². The third kappa shape index (κ3) is 4.27. The lowest BCUT2D eigenvalue weighted by Crippen LogP contribution is -2.42. The SMILES string of the molecule is Cc1cnc(C(=O)N2CCO[C@H](c3cccc(OC(F)F)c3)C2)cn1. The van der Waals surface area contributed by atoms with Gasteiger partial charge in [0.25, 0.3) is 5.91 Å². The molecule has 1 saturated heterocycles. The Kier molecular flexibility index (Phi) is 5.18. The van der Waals surface area contributed by atoms with Crippen LogP contribution in [0.5, 0.6) is 5.75 Å². The molecule has 0 N–H and O–H groups in total. The van der Waals surface area contributed by atoms with Crippen molar-refractivity contribution >= 4 is 5.91 Å². The summed E-state index contributed by atoms with van der Waals surface area (Å²) in [4.78, 5) is 22.3. The van der Waals surface area contributed by atoms with E-state index in [1.807, 2.05) is 0 Å². The Hall–Kier alpha value is -2.61. The molecule has 0 aliphatic carbocycles. The van der Waals surface area contributed by atoms with Gasteiger partial charge in [0.05, 0.1) is 25.0 Å². The molecular weight excluding hydrogens is 332 g/mol. The molecule has 2 aromatic rings. The van der Waals surface area contributed by atoms with Gasteiger partial charge in [0.15, 0.2) is 0 Å². The van der Waals surface area contributed by atoms with E-state index in [1.54, 1.807) is 24.0 Å². The van der Waals surface area contributed by atoms with Crippen molar-refractivity contribution < 1.29 is 23.0 Å². The maximum atomic E-state index is 12.5. The first-order valence-electron chi connectivity index (χ1n) is 7.77. The number of amides is 1. The van der Waals surface area contributed by atoms with Crippen LogP contribution in [0.25, 0.3) is 0 Å². The van der Waals surface area contributed by atoms with Crippen molar-refractivity contribution in [1.29, 1.82) is 0 Å². The van der Waals surface area contributed by atoms with Crippen LogP contribution in [0.1, 0.15) is 27.8 Å². The van der Waals surface area contributed by atoms with Crippen LogP contribution in [-0.4, -0.2) is 47.1 Å². The number of hydrogen-bond acceptors (Lipinski definition) is 5. The van der Waals surface area contributed by atoms with E-state index in [0.29, 0.717) is 25.3 Å². The summed E-state index contributed by atoms with van der Waals surface area (Å²) in [5, 5.41) is 0. The van der Waals surface area contributed by atoms with E-state index in [2.05, 4.69) is 14.7 Å². The summed E-state index contributed by atoms with van der Waals surface area (Å²) in [5.41, 5.74) is 1.67. The fourth-order valence-electron chi connectivity index (χ4n) is 2.59. The Labute approximate surface area is 143 Å². The van der Waals surface area contributed by atoms with Gasteiger partial charge in [-0.2, -0.15) is 8.78 Å². The maximum absolute atomic E-state index is 12.5. The molecule has 0 radical (unpaired) electrons. The highest BCUT2D eigenvalue weighted by atomic mass is 19.3. The van der Waals surface area contributed by atoms with Gasteiger partial charge in [0.1, 0.15) is 17.5 Å². The first kappa shape index (κ1) is 17.2. The molecular formula is C17H17F2N3O3.